The lowest BCUT2D eigenvalue weighted by Crippen LogP contribution is -2.50. The first kappa shape index (κ1) is 17.5. The van der Waals surface area contributed by atoms with E-state index in [1.807, 2.05) is 20.8 Å². The van der Waals surface area contributed by atoms with Crippen LogP contribution < -0.4 is 0 Å². The molecule has 1 N–H and O–H groups in total. The standard InChI is InChI=1S/C16H28O7/c1-4-18-5-6-19-10-16(9-17)7-11-13(23-16)14-12(8-20-11)21-15(2,3)22-14/h11-14,17H,4-10H2,1-3H3/t11-,12+,13+,14+,16-/m1/s1. The first-order valence-corrected chi connectivity index (χ1v) is 8.40. The van der Waals surface area contributed by atoms with Crippen molar-refractivity contribution in [1.82, 2.24) is 0 Å². The fourth-order valence-corrected chi connectivity index (χ4v) is 3.58. The molecule has 0 aromatic heterocycles. The zero-order chi connectivity index (χ0) is 16.5. The van der Waals surface area contributed by atoms with Gasteiger partial charge in [-0.05, 0) is 20.8 Å². The number of aliphatic hydroxyl groups is 1. The highest BCUT2D eigenvalue weighted by molar-refractivity contribution is 5.04. The van der Waals surface area contributed by atoms with Crippen molar-refractivity contribution >= 4 is 0 Å². The molecule has 0 aliphatic carbocycles. The van der Waals surface area contributed by atoms with Gasteiger partial charge < -0.3 is 33.5 Å². The van der Waals surface area contributed by atoms with Crippen molar-refractivity contribution in [3.63, 3.8) is 0 Å². The molecule has 0 saturated carbocycles. The number of hydrogen-bond acceptors (Lipinski definition) is 7. The normalized spacial score (nSPS) is 41.7. The number of aliphatic hydroxyl groups excluding tert-OH is 1. The summed E-state index contributed by atoms with van der Waals surface area (Å²) in [6, 6.07) is 0. The minimum Gasteiger partial charge on any atom is -0.393 e. The summed E-state index contributed by atoms with van der Waals surface area (Å²) in [7, 11) is 0. The highest BCUT2D eigenvalue weighted by atomic mass is 16.8. The van der Waals surface area contributed by atoms with E-state index in [4.69, 9.17) is 28.4 Å². The molecule has 3 aliphatic rings. The molecule has 7 nitrogen and oxygen atoms in total. The van der Waals surface area contributed by atoms with Crippen LogP contribution in [0.15, 0.2) is 0 Å². The van der Waals surface area contributed by atoms with E-state index in [1.165, 1.54) is 0 Å². The predicted octanol–water partition coefficient (Wildman–Crippen LogP) is 0.478. The molecule has 0 radical (unpaired) electrons. The van der Waals surface area contributed by atoms with Crippen molar-refractivity contribution in [2.45, 2.75) is 63.0 Å². The van der Waals surface area contributed by atoms with Crippen LogP contribution in [-0.2, 0) is 28.4 Å². The van der Waals surface area contributed by atoms with Crippen LogP contribution in [0.5, 0.6) is 0 Å². The van der Waals surface area contributed by atoms with Gasteiger partial charge in [0.25, 0.3) is 0 Å². The van der Waals surface area contributed by atoms with E-state index in [0.717, 1.165) is 0 Å². The number of hydrogen-bond donors (Lipinski definition) is 1. The van der Waals surface area contributed by atoms with Gasteiger partial charge in [-0.2, -0.15) is 0 Å². The molecule has 3 rings (SSSR count). The molecule has 3 aliphatic heterocycles. The summed E-state index contributed by atoms with van der Waals surface area (Å²) in [5, 5.41) is 9.85. The quantitative estimate of drug-likeness (QED) is 0.680. The second-order valence-electron chi connectivity index (χ2n) is 6.89. The Morgan fingerprint density at radius 3 is 2.52 bits per heavy atom. The molecule has 23 heavy (non-hydrogen) atoms. The smallest absolute Gasteiger partial charge is 0.164 e. The van der Waals surface area contributed by atoms with E-state index in [2.05, 4.69) is 0 Å². The van der Waals surface area contributed by atoms with E-state index in [-0.39, 0.29) is 31.0 Å². The average molecular weight is 332 g/mol. The van der Waals surface area contributed by atoms with Gasteiger partial charge in [0.15, 0.2) is 5.79 Å². The largest absolute Gasteiger partial charge is 0.393 e. The highest BCUT2D eigenvalue weighted by Crippen LogP contribution is 2.43. The Kier molecular flexibility index (Phi) is 5.27. The van der Waals surface area contributed by atoms with E-state index in [0.29, 0.717) is 39.5 Å². The van der Waals surface area contributed by atoms with Crippen LogP contribution >= 0.6 is 0 Å². The molecule has 7 heteroatoms. The van der Waals surface area contributed by atoms with Gasteiger partial charge in [0.2, 0.25) is 0 Å². The van der Waals surface area contributed by atoms with Gasteiger partial charge in [0.05, 0.1) is 39.1 Å². The maximum absolute atomic E-state index is 9.85. The van der Waals surface area contributed by atoms with Crippen molar-refractivity contribution in [3.8, 4) is 0 Å². The minimum atomic E-state index is -0.744. The Labute approximate surface area is 137 Å². The third-order valence-electron chi connectivity index (χ3n) is 4.57. The summed E-state index contributed by atoms with van der Waals surface area (Å²) in [5.74, 6) is -0.630. The average Bonchev–Trinajstić information content (AvgIpc) is 3.03. The molecule has 3 heterocycles. The van der Waals surface area contributed by atoms with Crippen molar-refractivity contribution in [1.29, 1.82) is 0 Å². The third-order valence-corrected chi connectivity index (χ3v) is 4.57. The Balaban J connectivity index is 1.59. The van der Waals surface area contributed by atoms with Crippen molar-refractivity contribution in [2.24, 2.45) is 0 Å². The Hall–Kier alpha value is -0.280. The van der Waals surface area contributed by atoms with Gasteiger partial charge in [-0.25, -0.2) is 0 Å². The lowest BCUT2D eigenvalue weighted by atomic mass is 9.95. The first-order valence-electron chi connectivity index (χ1n) is 8.40. The van der Waals surface area contributed by atoms with Crippen LogP contribution in [0.2, 0.25) is 0 Å². The molecule has 0 aromatic carbocycles. The summed E-state index contributed by atoms with van der Waals surface area (Å²) >= 11 is 0. The Bertz CT molecular complexity index is 402. The predicted molar refractivity (Wildman–Crippen MR) is 80.2 cm³/mol. The third kappa shape index (κ3) is 3.71. The van der Waals surface area contributed by atoms with Gasteiger partial charge in [-0.15, -0.1) is 0 Å². The molecule has 0 unspecified atom stereocenters. The van der Waals surface area contributed by atoms with Crippen LogP contribution in [0.4, 0.5) is 0 Å². The molecule has 134 valence electrons. The molecule has 0 amide bonds. The number of fused-ring (bicyclic) bond motifs is 3. The fraction of sp³-hybridized carbons (Fsp3) is 1.00. The molecule has 0 aromatic rings. The highest BCUT2D eigenvalue weighted by Gasteiger charge is 2.58. The van der Waals surface area contributed by atoms with Crippen LogP contribution in [0.1, 0.15) is 27.2 Å². The molecular formula is C16H28O7. The van der Waals surface area contributed by atoms with E-state index >= 15 is 0 Å². The lowest BCUT2D eigenvalue weighted by Gasteiger charge is -2.33. The molecule has 0 bridgehead atoms. The second-order valence-corrected chi connectivity index (χ2v) is 6.89. The van der Waals surface area contributed by atoms with Gasteiger partial charge in [0.1, 0.15) is 23.9 Å². The maximum Gasteiger partial charge on any atom is 0.164 e. The van der Waals surface area contributed by atoms with E-state index < -0.39 is 11.4 Å². The summed E-state index contributed by atoms with van der Waals surface area (Å²) < 4.78 is 34.8. The molecule has 3 saturated heterocycles. The molecular weight excluding hydrogens is 304 g/mol. The van der Waals surface area contributed by atoms with Crippen molar-refractivity contribution < 1.29 is 33.5 Å². The van der Waals surface area contributed by atoms with Gasteiger partial charge in [-0.3, -0.25) is 0 Å². The summed E-state index contributed by atoms with van der Waals surface area (Å²) in [4.78, 5) is 0. The topological polar surface area (TPSA) is 75.6 Å². The summed E-state index contributed by atoms with van der Waals surface area (Å²) in [5.41, 5.74) is -0.744. The monoisotopic (exact) mass is 332 g/mol. The van der Waals surface area contributed by atoms with Crippen LogP contribution in [-0.4, -0.2) is 80.6 Å². The second kappa shape index (κ2) is 6.92. The molecule has 0 spiro atoms. The Morgan fingerprint density at radius 1 is 1.04 bits per heavy atom. The van der Waals surface area contributed by atoms with Crippen LogP contribution in [0.25, 0.3) is 0 Å². The lowest BCUT2D eigenvalue weighted by molar-refractivity contribution is -0.183. The van der Waals surface area contributed by atoms with Crippen molar-refractivity contribution in [3.05, 3.63) is 0 Å². The first-order chi connectivity index (χ1) is 11.0. The Morgan fingerprint density at radius 2 is 1.78 bits per heavy atom. The van der Waals surface area contributed by atoms with Gasteiger partial charge in [0, 0.05) is 13.0 Å². The zero-order valence-corrected chi connectivity index (χ0v) is 14.2. The van der Waals surface area contributed by atoms with Crippen LogP contribution in [0, 0.1) is 0 Å². The molecule has 3 fully saturated rings. The van der Waals surface area contributed by atoms with E-state index in [1.54, 1.807) is 0 Å². The van der Waals surface area contributed by atoms with E-state index in [9.17, 15) is 5.11 Å². The SMILES string of the molecule is CCOCCOC[C@]1(CO)C[C@H]2OC[C@@H]3OC(C)(C)O[C@@H]3[C@H]2O1. The molecule has 5 atom stereocenters. The summed E-state index contributed by atoms with van der Waals surface area (Å²) in [6.07, 6.45) is -0.0368. The zero-order valence-electron chi connectivity index (χ0n) is 14.2. The van der Waals surface area contributed by atoms with Crippen molar-refractivity contribution in [2.75, 3.05) is 39.6 Å². The van der Waals surface area contributed by atoms with Gasteiger partial charge in [-0.1, -0.05) is 0 Å². The number of rotatable bonds is 7. The van der Waals surface area contributed by atoms with Crippen LogP contribution in [0.3, 0.4) is 0 Å². The minimum absolute atomic E-state index is 0.101. The maximum atomic E-state index is 9.85. The summed E-state index contributed by atoms with van der Waals surface area (Å²) in [6.45, 7) is 8.11. The van der Waals surface area contributed by atoms with Gasteiger partial charge >= 0.3 is 0 Å². The fourth-order valence-electron chi connectivity index (χ4n) is 3.58. The number of ether oxygens (including phenoxy) is 6.